The lowest BCUT2D eigenvalue weighted by atomic mass is 9.96. The summed E-state index contributed by atoms with van der Waals surface area (Å²) in [5, 5.41) is 11.2. The minimum absolute atomic E-state index is 0.258. The van der Waals surface area contributed by atoms with Crippen LogP contribution >= 0.6 is 0 Å². The van der Waals surface area contributed by atoms with Gasteiger partial charge in [-0.15, -0.1) is 0 Å². The van der Waals surface area contributed by atoms with E-state index < -0.39 is 23.8 Å². The van der Waals surface area contributed by atoms with Crippen LogP contribution in [0.1, 0.15) is 12.5 Å². The Labute approximate surface area is 118 Å². The molecule has 1 saturated heterocycles. The van der Waals surface area contributed by atoms with Gasteiger partial charge in [-0.25, -0.2) is 0 Å². The molecule has 5 heteroatoms. The number of nitrogens with zero attached hydrogens (tertiary/aromatic N) is 1. The van der Waals surface area contributed by atoms with Gasteiger partial charge in [-0.2, -0.15) is 0 Å². The number of ether oxygens (including phenoxy) is 1. The van der Waals surface area contributed by atoms with Crippen molar-refractivity contribution in [3.05, 3.63) is 35.9 Å². The smallest absolute Gasteiger partial charge is 0.310 e. The first kappa shape index (κ1) is 14.5. The average molecular weight is 276 g/mol. The van der Waals surface area contributed by atoms with Gasteiger partial charge in [-0.1, -0.05) is 30.3 Å². The maximum atomic E-state index is 11.8. The van der Waals surface area contributed by atoms with Crippen LogP contribution < -0.4 is 5.11 Å². The highest BCUT2D eigenvalue weighted by molar-refractivity contribution is 5.81. The standard InChI is InChI=1S/C15H19NO4/c1-2-20-15(19)13-10-16(9-12(13)14(17)18)8-11-6-4-3-5-7-11/h3-7,12-13H,2,8-10H2,1H3,(H,17,18)/p-1. The number of carboxylic acids is 1. The highest BCUT2D eigenvalue weighted by atomic mass is 16.5. The number of hydrogen-bond donors (Lipinski definition) is 0. The molecule has 0 radical (unpaired) electrons. The molecule has 1 aromatic rings. The molecule has 0 spiro atoms. The van der Waals surface area contributed by atoms with E-state index in [-0.39, 0.29) is 6.61 Å². The number of benzene rings is 1. The van der Waals surface area contributed by atoms with E-state index in [0.717, 1.165) is 5.56 Å². The van der Waals surface area contributed by atoms with Crippen LogP contribution in [0.4, 0.5) is 0 Å². The molecule has 0 aromatic heterocycles. The van der Waals surface area contributed by atoms with Crippen LogP contribution in [0.25, 0.3) is 0 Å². The van der Waals surface area contributed by atoms with Gasteiger partial charge in [0.25, 0.3) is 0 Å². The lowest BCUT2D eigenvalue weighted by Gasteiger charge is -2.17. The molecule has 108 valence electrons. The minimum atomic E-state index is -1.18. The van der Waals surface area contributed by atoms with Gasteiger partial charge in [-0.05, 0) is 12.5 Å². The molecule has 2 atom stereocenters. The molecule has 0 amide bonds. The first-order valence-corrected chi connectivity index (χ1v) is 6.75. The Morgan fingerprint density at radius 2 is 1.90 bits per heavy atom. The number of carboxylic acid groups (broad SMARTS) is 1. The van der Waals surface area contributed by atoms with Crippen LogP contribution in [-0.2, 0) is 20.9 Å². The first-order valence-electron chi connectivity index (χ1n) is 6.75. The molecule has 0 aliphatic carbocycles. The number of hydrogen-bond acceptors (Lipinski definition) is 5. The summed E-state index contributed by atoms with van der Waals surface area (Å²) in [6.45, 7) is 3.31. The van der Waals surface area contributed by atoms with Crippen LogP contribution in [0.2, 0.25) is 0 Å². The summed E-state index contributed by atoms with van der Waals surface area (Å²) >= 11 is 0. The van der Waals surface area contributed by atoms with Gasteiger partial charge in [-0.3, -0.25) is 9.69 Å². The lowest BCUT2D eigenvalue weighted by Crippen LogP contribution is -2.39. The summed E-state index contributed by atoms with van der Waals surface area (Å²) in [5.41, 5.74) is 1.09. The zero-order chi connectivity index (χ0) is 14.5. The van der Waals surface area contributed by atoms with Crippen molar-refractivity contribution in [2.45, 2.75) is 13.5 Å². The molecular weight excluding hydrogens is 258 g/mol. The van der Waals surface area contributed by atoms with Crippen molar-refractivity contribution in [1.82, 2.24) is 4.90 Å². The zero-order valence-electron chi connectivity index (χ0n) is 11.5. The molecule has 0 bridgehead atoms. The fraction of sp³-hybridized carbons (Fsp3) is 0.467. The van der Waals surface area contributed by atoms with Gasteiger partial charge in [0.2, 0.25) is 0 Å². The van der Waals surface area contributed by atoms with E-state index in [9.17, 15) is 14.7 Å². The second kappa shape index (κ2) is 6.52. The fourth-order valence-corrected chi connectivity index (χ4v) is 2.58. The third-order valence-corrected chi connectivity index (χ3v) is 3.54. The predicted molar refractivity (Wildman–Crippen MR) is 70.3 cm³/mol. The van der Waals surface area contributed by atoms with Crippen molar-refractivity contribution in [3.63, 3.8) is 0 Å². The summed E-state index contributed by atoms with van der Waals surface area (Å²) in [4.78, 5) is 24.9. The van der Waals surface area contributed by atoms with Crippen LogP contribution in [0, 0.1) is 11.8 Å². The summed E-state index contributed by atoms with van der Waals surface area (Å²) in [7, 11) is 0. The van der Waals surface area contributed by atoms with Crippen molar-refractivity contribution in [3.8, 4) is 0 Å². The molecule has 2 unspecified atom stereocenters. The van der Waals surface area contributed by atoms with Crippen molar-refractivity contribution in [2.75, 3.05) is 19.7 Å². The van der Waals surface area contributed by atoms with Crippen LogP contribution in [-0.4, -0.2) is 36.5 Å². The molecule has 20 heavy (non-hydrogen) atoms. The third kappa shape index (κ3) is 3.36. The SMILES string of the molecule is CCOC(=O)C1CN(Cc2ccccc2)CC1C(=O)[O-]. The van der Waals surface area contributed by atoms with E-state index in [1.807, 2.05) is 35.2 Å². The second-order valence-corrected chi connectivity index (χ2v) is 4.96. The predicted octanol–water partition coefficient (Wildman–Crippen LogP) is 0.0476. The Hall–Kier alpha value is -1.88. The van der Waals surface area contributed by atoms with Crippen LogP contribution in [0.15, 0.2) is 30.3 Å². The Morgan fingerprint density at radius 3 is 2.50 bits per heavy atom. The third-order valence-electron chi connectivity index (χ3n) is 3.54. The van der Waals surface area contributed by atoms with Crippen molar-refractivity contribution in [1.29, 1.82) is 0 Å². The molecule has 0 N–H and O–H groups in total. The minimum Gasteiger partial charge on any atom is -0.550 e. The summed E-state index contributed by atoms with van der Waals surface area (Å²) in [6.07, 6.45) is 0. The molecule has 2 rings (SSSR count). The van der Waals surface area contributed by atoms with Gasteiger partial charge >= 0.3 is 5.97 Å². The lowest BCUT2D eigenvalue weighted by molar-refractivity contribution is -0.312. The molecule has 1 aromatic carbocycles. The highest BCUT2D eigenvalue weighted by Crippen LogP contribution is 2.25. The van der Waals surface area contributed by atoms with E-state index in [4.69, 9.17) is 4.74 Å². The van der Waals surface area contributed by atoms with Gasteiger partial charge < -0.3 is 14.6 Å². The number of esters is 1. The highest BCUT2D eigenvalue weighted by Gasteiger charge is 2.39. The maximum absolute atomic E-state index is 11.8. The van der Waals surface area contributed by atoms with Gasteiger partial charge in [0, 0.05) is 31.5 Å². The van der Waals surface area contributed by atoms with Crippen molar-refractivity contribution < 1.29 is 19.4 Å². The fourth-order valence-electron chi connectivity index (χ4n) is 2.58. The normalized spacial score (nSPS) is 22.6. The monoisotopic (exact) mass is 276 g/mol. The first-order chi connectivity index (χ1) is 9.61. The van der Waals surface area contributed by atoms with E-state index in [2.05, 4.69) is 0 Å². The molecule has 1 aliphatic heterocycles. The van der Waals surface area contributed by atoms with Crippen molar-refractivity contribution >= 4 is 11.9 Å². The Morgan fingerprint density at radius 1 is 1.25 bits per heavy atom. The number of carbonyl (C=O) groups is 2. The quantitative estimate of drug-likeness (QED) is 0.711. The molecule has 0 saturated carbocycles. The Kier molecular flexibility index (Phi) is 4.74. The number of likely N-dealkylation sites (tertiary alicyclic amines) is 1. The largest absolute Gasteiger partial charge is 0.550 e. The summed E-state index contributed by atoms with van der Waals surface area (Å²) < 4.78 is 4.95. The molecule has 1 heterocycles. The van der Waals surface area contributed by atoms with Crippen LogP contribution in [0.5, 0.6) is 0 Å². The topological polar surface area (TPSA) is 69.7 Å². The van der Waals surface area contributed by atoms with Gasteiger partial charge in [0.05, 0.1) is 12.5 Å². The Balaban J connectivity index is 2.04. The van der Waals surface area contributed by atoms with E-state index >= 15 is 0 Å². The molecule has 1 aliphatic rings. The van der Waals surface area contributed by atoms with Gasteiger partial charge in [0.1, 0.15) is 0 Å². The average Bonchev–Trinajstić information content (AvgIpc) is 2.84. The number of carbonyl (C=O) groups excluding carboxylic acids is 2. The van der Waals surface area contributed by atoms with Gasteiger partial charge in [0.15, 0.2) is 0 Å². The Bertz CT molecular complexity index is 474. The van der Waals surface area contributed by atoms with Crippen LogP contribution in [0.3, 0.4) is 0 Å². The zero-order valence-corrected chi connectivity index (χ0v) is 11.5. The number of aliphatic carboxylic acids is 1. The van der Waals surface area contributed by atoms with Crippen molar-refractivity contribution in [2.24, 2.45) is 11.8 Å². The van der Waals surface area contributed by atoms with E-state index in [1.54, 1.807) is 6.92 Å². The summed E-state index contributed by atoms with van der Waals surface area (Å²) in [6, 6.07) is 9.76. The molecule has 1 fully saturated rings. The number of rotatable bonds is 5. The van der Waals surface area contributed by atoms with E-state index in [0.29, 0.717) is 19.6 Å². The summed E-state index contributed by atoms with van der Waals surface area (Å²) in [5.74, 6) is -3.06. The maximum Gasteiger partial charge on any atom is 0.310 e. The second-order valence-electron chi connectivity index (χ2n) is 4.96. The molecular formula is C15H18NO4-. The molecule has 5 nitrogen and oxygen atoms in total. The van der Waals surface area contributed by atoms with E-state index in [1.165, 1.54) is 0 Å².